The maximum absolute atomic E-state index is 11.1. The van der Waals surface area contributed by atoms with Crippen LogP contribution in [0.15, 0.2) is 30.6 Å². The van der Waals surface area contributed by atoms with Crippen molar-refractivity contribution in [2.45, 2.75) is 37.5 Å². The van der Waals surface area contributed by atoms with Crippen molar-refractivity contribution in [2.75, 3.05) is 5.32 Å². The molecule has 1 aromatic heterocycles. The number of anilines is 1. The largest absolute Gasteiger partial charge is 0.379 e. The molecule has 0 radical (unpaired) electrons. The van der Waals surface area contributed by atoms with E-state index in [4.69, 9.17) is 4.74 Å². The highest BCUT2D eigenvalue weighted by molar-refractivity contribution is 5.99. The summed E-state index contributed by atoms with van der Waals surface area (Å²) in [5.41, 5.74) is 1.01. The van der Waals surface area contributed by atoms with Gasteiger partial charge in [-0.2, -0.15) is 0 Å². The van der Waals surface area contributed by atoms with E-state index in [-0.39, 0.29) is 22.8 Å². The maximum atomic E-state index is 11.1. The minimum absolute atomic E-state index is 0.113. The second kappa shape index (κ2) is 4.66. The quantitative estimate of drug-likeness (QED) is 0.693. The first-order valence-electron chi connectivity index (χ1n) is 7.15. The Labute approximate surface area is 121 Å². The van der Waals surface area contributed by atoms with E-state index in [9.17, 15) is 10.1 Å². The van der Waals surface area contributed by atoms with Crippen LogP contribution in [0.3, 0.4) is 0 Å². The van der Waals surface area contributed by atoms with Crippen LogP contribution in [0, 0.1) is 10.1 Å². The number of non-ortho nitro benzene ring substituents is 1. The van der Waals surface area contributed by atoms with Gasteiger partial charge in [-0.25, -0.2) is 0 Å². The van der Waals surface area contributed by atoms with Crippen LogP contribution in [0.5, 0.6) is 0 Å². The van der Waals surface area contributed by atoms with Crippen LogP contribution in [-0.2, 0) is 4.74 Å². The molecule has 3 heterocycles. The van der Waals surface area contributed by atoms with E-state index < -0.39 is 0 Å². The lowest BCUT2D eigenvalue weighted by Gasteiger charge is -2.22. The first-order chi connectivity index (χ1) is 10.2. The lowest BCUT2D eigenvalue weighted by molar-refractivity contribution is -0.383. The van der Waals surface area contributed by atoms with Gasteiger partial charge < -0.3 is 10.1 Å². The third-order valence-corrected chi connectivity index (χ3v) is 4.44. The van der Waals surface area contributed by atoms with Gasteiger partial charge in [0.15, 0.2) is 0 Å². The van der Waals surface area contributed by atoms with Crippen molar-refractivity contribution in [1.29, 1.82) is 0 Å². The number of nitro groups is 1. The molecule has 0 amide bonds. The van der Waals surface area contributed by atoms with Crippen LogP contribution in [0.4, 0.5) is 11.4 Å². The molecule has 0 aliphatic carbocycles. The van der Waals surface area contributed by atoms with Crippen LogP contribution < -0.4 is 5.32 Å². The van der Waals surface area contributed by atoms with E-state index in [1.807, 2.05) is 0 Å². The van der Waals surface area contributed by atoms with Gasteiger partial charge in [0.25, 0.3) is 5.69 Å². The molecule has 2 saturated heterocycles. The highest BCUT2D eigenvalue weighted by Crippen LogP contribution is 2.38. The Kier molecular flexibility index (Phi) is 2.78. The number of nitrogens with zero attached hydrogens (tertiary/aromatic N) is 2. The Hall–Kier alpha value is -2.21. The van der Waals surface area contributed by atoms with Crippen LogP contribution in [-0.4, -0.2) is 28.2 Å². The third kappa shape index (κ3) is 2.03. The van der Waals surface area contributed by atoms with E-state index >= 15 is 0 Å². The fourth-order valence-corrected chi connectivity index (χ4v) is 3.45. The fraction of sp³-hybridized carbons (Fsp3) is 0.400. The Morgan fingerprint density at radius 3 is 2.90 bits per heavy atom. The van der Waals surface area contributed by atoms with Crippen molar-refractivity contribution in [3.8, 4) is 0 Å². The molecule has 6 heteroatoms. The molecule has 2 fully saturated rings. The summed E-state index contributed by atoms with van der Waals surface area (Å²) < 4.78 is 5.84. The molecule has 108 valence electrons. The van der Waals surface area contributed by atoms with E-state index in [0.29, 0.717) is 11.5 Å². The molecule has 6 nitrogen and oxygen atoms in total. The summed E-state index contributed by atoms with van der Waals surface area (Å²) in [5, 5.41) is 16.0. The second-order valence-corrected chi connectivity index (χ2v) is 5.67. The predicted molar refractivity (Wildman–Crippen MR) is 78.3 cm³/mol. The molecular formula is C15H15N3O3. The fourth-order valence-electron chi connectivity index (χ4n) is 3.45. The van der Waals surface area contributed by atoms with Gasteiger partial charge in [-0.15, -0.1) is 0 Å². The number of rotatable bonds is 3. The number of aromatic nitrogens is 1. The van der Waals surface area contributed by atoms with Gasteiger partial charge in [-0.1, -0.05) is 0 Å². The Morgan fingerprint density at radius 1 is 1.29 bits per heavy atom. The number of benzene rings is 1. The van der Waals surface area contributed by atoms with Gasteiger partial charge in [0.2, 0.25) is 0 Å². The molecule has 2 bridgehead atoms. The van der Waals surface area contributed by atoms with Gasteiger partial charge in [-0.05, 0) is 31.4 Å². The van der Waals surface area contributed by atoms with E-state index in [1.165, 1.54) is 0 Å². The van der Waals surface area contributed by atoms with Crippen molar-refractivity contribution in [1.82, 2.24) is 4.98 Å². The first-order valence-corrected chi connectivity index (χ1v) is 7.15. The molecule has 1 aromatic carbocycles. The third-order valence-electron chi connectivity index (χ3n) is 4.44. The first kappa shape index (κ1) is 12.5. The number of ether oxygens (including phenoxy) is 1. The summed E-state index contributed by atoms with van der Waals surface area (Å²) in [6.45, 7) is 0. The minimum Gasteiger partial charge on any atom is -0.379 e. The molecule has 2 aromatic rings. The topological polar surface area (TPSA) is 77.3 Å². The van der Waals surface area contributed by atoms with Gasteiger partial charge in [0, 0.05) is 29.5 Å². The summed E-state index contributed by atoms with van der Waals surface area (Å²) in [7, 11) is 0. The molecule has 0 saturated carbocycles. The van der Waals surface area contributed by atoms with Crippen LogP contribution in [0.1, 0.15) is 19.3 Å². The monoisotopic (exact) mass is 285 g/mol. The molecule has 2 aliphatic rings. The van der Waals surface area contributed by atoms with Crippen molar-refractivity contribution in [2.24, 2.45) is 0 Å². The lowest BCUT2D eigenvalue weighted by Crippen LogP contribution is -2.30. The zero-order valence-electron chi connectivity index (χ0n) is 11.4. The SMILES string of the molecule is O=[N+]([O-])c1ccc(NC2CC3CCC2O3)c2cnccc12. The predicted octanol–water partition coefficient (Wildman–Crippen LogP) is 2.87. The molecule has 0 spiro atoms. The molecule has 3 atom stereocenters. The molecule has 2 aliphatic heterocycles. The standard InChI is InChI=1S/C15H15N3O3/c19-18(20)14-3-2-12(11-8-16-6-5-10(11)14)17-13-7-9-1-4-15(13)21-9/h2-3,5-6,8-9,13,15,17H,1,4,7H2. The highest BCUT2D eigenvalue weighted by atomic mass is 16.6. The van der Waals surface area contributed by atoms with E-state index in [1.54, 1.807) is 30.6 Å². The zero-order valence-corrected chi connectivity index (χ0v) is 11.4. The average Bonchev–Trinajstić information content (AvgIpc) is 3.10. The minimum atomic E-state index is -0.354. The number of hydrogen-bond donors (Lipinski definition) is 1. The van der Waals surface area contributed by atoms with Crippen molar-refractivity contribution in [3.63, 3.8) is 0 Å². The second-order valence-electron chi connectivity index (χ2n) is 5.67. The van der Waals surface area contributed by atoms with Gasteiger partial charge >= 0.3 is 0 Å². The van der Waals surface area contributed by atoms with Crippen molar-refractivity contribution in [3.05, 3.63) is 40.7 Å². The number of nitrogens with one attached hydrogen (secondary N) is 1. The lowest BCUT2D eigenvalue weighted by atomic mass is 9.95. The summed E-state index contributed by atoms with van der Waals surface area (Å²) in [5.74, 6) is 0. The Morgan fingerprint density at radius 2 is 2.19 bits per heavy atom. The number of hydrogen-bond acceptors (Lipinski definition) is 5. The average molecular weight is 285 g/mol. The van der Waals surface area contributed by atoms with Gasteiger partial charge in [-0.3, -0.25) is 15.1 Å². The van der Waals surface area contributed by atoms with E-state index in [2.05, 4.69) is 10.3 Å². The van der Waals surface area contributed by atoms with Gasteiger partial charge in [0.1, 0.15) is 0 Å². The van der Waals surface area contributed by atoms with Crippen molar-refractivity contribution >= 4 is 22.1 Å². The Balaban J connectivity index is 1.72. The smallest absolute Gasteiger partial charge is 0.277 e. The maximum Gasteiger partial charge on any atom is 0.277 e. The summed E-state index contributed by atoms with van der Waals surface area (Å²) in [6, 6.07) is 5.30. The highest BCUT2D eigenvalue weighted by Gasteiger charge is 2.40. The van der Waals surface area contributed by atoms with Crippen LogP contribution in [0.2, 0.25) is 0 Å². The molecule has 1 N–H and O–H groups in total. The number of fused-ring (bicyclic) bond motifs is 3. The van der Waals surface area contributed by atoms with Crippen LogP contribution in [0.25, 0.3) is 10.8 Å². The summed E-state index contributed by atoms with van der Waals surface area (Å²) in [6.07, 6.45) is 7.13. The van der Waals surface area contributed by atoms with Gasteiger partial charge in [0.05, 0.1) is 28.6 Å². The number of nitro benzene ring substituents is 1. The Bertz CT molecular complexity index is 718. The zero-order chi connectivity index (χ0) is 14.4. The molecular weight excluding hydrogens is 270 g/mol. The number of pyridine rings is 1. The van der Waals surface area contributed by atoms with Crippen LogP contribution >= 0.6 is 0 Å². The van der Waals surface area contributed by atoms with Crippen molar-refractivity contribution < 1.29 is 9.66 Å². The summed E-state index contributed by atoms with van der Waals surface area (Å²) in [4.78, 5) is 14.9. The molecule has 3 unspecified atom stereocenters. The normalized spacial score (nSPS) is 27.1. The van der Waals surface area contributed by atoms with E-state index in [0.717, 1.165) is 30.3 Å². The molecule has 21 heavy (non-hydrogen) atoms. The summed E-state index contributed by atoms with van der Waals surface area (Å²) >= 11 is 0. The molecule has 4 rings (SSSR count).